The van der Waals surface area contributed by atoms with Crippen molar-refractivity contribution in [2.45, 2.75) is 104 Å². The van der Waals surface area contributed by atoms with Crippen molar-refractivity contribution < 1.29 is 76.3 Å². The molecule has 0 bridgehead atoms. The molecule has 2 aliphatic carbocycles. The lowest BCUT2D eigenvalue weighted by Crippen LogP contribution is -2.26. The predicted molar refractivity (Wildman–Crippen MR) is 361 cm³/mol. The van der Waals surface area contributed by atoms with E-state index < -0.39 is 23.7 Å². The zero-order valence-electron chi connectivity index (χ0n) is 48.0. The highest BCUT2D eigenvalue weighted by Gasteiger charge is 2.24. The van der Waals surface area contributed by atoms with Crippen LogP contribution < -0.4 is 42.6 Å². The number of carbonyl (C=O) groups is 3. The van der Waals surface area contributed by atoms with Gasteiger partial charge in [-0.3, -0.25) is 0 Å². The van der Waals surface area contributed by atoms with E-state index in [1.807, 2.05) is 40.8 Å². The molecule has 0 spiro atoms. The maximum absolute atomic E-state index is 11.8. The minimum absolute atomic E-state index is 0.174. The molecule has 0 saturated heterocycles. The summed E-state index contributed by atoms with van der Waals surface area (Å²) in [6.07, 6.45) is 15.7. The monoisotopic (exact) mass is 1700 g/mol. The third-order valence-electron chi connectivity index (χ3n) is 11.9. The number of halogens is 5. The van der Waals surface area contributed by atoms with Crippen LogP contribution in [0, 0.1) is 29.7 Å². The number of rotatable bonds is 21. The van der Waals surface area contributed by atoms with Crippen LogP contribution >= 0.6 is 113 Å². The lowest BCUT2D eigenvalue weighted by molar-refractivity contribution is -0.130. The Morgan fingerprint density at radius 3 is 1.39 bits per heavy atom. The van der Waals surface area contributed by atoms with E-state index >= 15 is 0 Å². The van der Waals surface area contributed by atoms with Crippen LogP contribution in [0.4, 0.5) is 4.79 Å². The second-order valence-electron chi connectivity index (χ2n) is 19.6. The Labute approximate surface area is 551 Å². The van der Waals surface area contributed by atoms with Gasteiger partial charge in [-0.05, 0) is 227 Å². The van der Waals surface area contributed by atoms with Crippen molar-refractivity contribution in [1.82, 2.24) is 0 Å². The van der Waals surface area contributed by atoms with Crippen molar-refractivity contribution in [3.05, 3.63) is 109 Å². The smallest absolute Gasteiger partial charge is 0.503 e. The molecule has 16 nitrogen and oxygen atoms in total. The van der Waals surface area contributed by atoms with Gasteiger partial charge in [-0.2, -0.15) is 0 Å². The molecule has 0 aliphatic heterocycles. The number of ether oxygens (including phenoxy) is 12. The van der Waals surface area contributed by atoms with Crippen molar-refractivity contribution in [2.75, 3.05) is 55.2 Å². The fraction of sp³-hybridized carbons (Fsp3) is 0.426. The van der Waals surface area contributed by atoms with Crippen molar-refractivity contribution in [3.63, 3.8) is 0 Å². The molecule has 21 heteroatoms. The lowest BCUT2D eigenvalue weighted by atomic mass is 9.90. The van der Waals surface area contributed by atoms with E-state index in [-0.39, 0.29) is 42.2 Å². The van der Waals surface area contributed by atoms with Gasteiger partial charge in [0, 0.05) is 23.3 Å². The maximum atomic E-state index is 11.8. The van der Waals surface area contributed by atoms with Crippen LogP contribution in [0.25, 0.3) is 12.2 Å². The van der Waals surface area contributed by atoms with Gasteiger partial charge < -0.3 is 61.9 Å². The summed E-state index contributed by atoms with van der Waals surface area (Å²) in [5.41, 5.74) is 1.93. The molecular formula is C61H75I5O16. The highest BCUT2D eigenvalue weighted by atomic mass is 127. The summed E-state index contributed by atoms with van der Waals surface area (Å²) in [6, 6.07) is 12.2. The van der Waals surface area contributed by atoms with Gasteiger partial charge in [0.25, 0.3) is 0 Å². The van der Waals surface area contributed by atoms with E-state index in [0.29, 0.717) is 44.0 Å². The summed E-state index contributed by atoms with van der Waals surface area (Å²) in [4.78, 5) is 35.0. The summed E-state index contributed by atoms with van der Waals surface area (Å²) in [5.74, 6) is 4.66. The Balaban J connectivity index is 0.000000293. The SMILES string of the molecule is C=C(C)C(=O)Oc1cc(I)c(OC(=O)OC(C)(C)C)c(OC)c1.C=C(C)C(=O)Oc1cc(I)c(OCOCC2CCCCC2)c(OC)c1.C=Cc1cc(I)c(O)c(OC)c1I.C=Cc1cc(I)c(OCOCC2CCCCC2)c(OC)c1. The van der Waals surface area contributed by atoms with Gasteiger partial charge >= 0.3 is 18.1 Å². The molecule has 0 aromatic heterocycles. The summed E-state index contributed by atoms with van der Waals surface area (Å²) < 4.78 is 68.5. The van der Waals surface area contributed by atoms with Gasteiger partial charge in [0.1, 0.15) is 17.1 Å². The molecule has 6 rings (SSSR count). The Morgan fingerprint density at radius 1 is 0.561 bits per heavy atom. The van der Waals surface area contributed by atoms with Crippen molar-refractivity contribution in [1.29, 1.82) is 0 Å². The van der Waals surface area contributed by atoms with Gasteiger partial charge in [0.15, 0.2) is 59.6 Å². The maximum Gasteiger partial charge on any atom is 0.514 e. The largest absolute Gasteiger partial charge is 0.514 e. The first-order valence-electron chi connectivity index (χ1n) is 26.1. The zero-order chi connectivity index (χ0) is 61.1. The summed E-state index contributed by atoms with van der Waals surface area (Å²) >= 11 is 10.5. The molecule has 0 unspecified atom stereocenters. The van der Waals surface area contributed by atoms with Gasteiger partial charge in [-0.25, -0.2) is 14.4 Å². The average molecular weight is 1700 g/mol. The van der Waals surface area contributed by atoms with Crippen LogP contribution in [0.15, 0.2) is 79.9 Å². The quantitative estimate of drug-likeness (QED) is 0.0158. The van der Waals surface area contributed by atoms with Crippen molar-refractivity contribution in [2.24, 2.45) is 11.8 Å². The number of methoxy groups -OCH3 is 4. The van der Waals surface area contributed by atoms with Gasteiger partial charge in [0.2, 0.25) is 0 Å². The van der Waals surface area contributed by atoms with E-state index in [9.17, 15) is 19.5 Å². The van der Waals surface area contributed by atoms with E-state index in [0.717, 1.165) is 50.1 Å². The molecule has 0 radical (unpaired) electrons. The van der Waals surface area contributed by atoms with Crippen LogP contribution in [0.2, 0.25) is 0 Å². The fourth-order valence-corrected chi connectivity index (χ4v) is 11.4. The number of aromatic hydroxyl groups is 1. The first kappa shape index (κ1) is 72.5. The molecule has 4 aromatic carbocycles. The molecule has 4 aromatic rings. The molecular weight excluding hydrogens is 1620 g/mol. The Bertz CT molecular complexity index is 2800. The minimum atomic E-state index is -0.847. The van der Waals surface area contributed by atoms with E-state index in [2.05, 4.69) is 117 Å². The van der Waals surface area contributed by atoms with Crippen LogP contribution in [0.1, 0.15) is 110 Å². The third kappa shape index (κ3) is 25.0. The lowest BCUT2D eigenvalue weighted by Gasteiger charge is -2.21. The Kier molecular flexibility index (Phi) is 33.2. The molecule has 0 heterocycles. The second kappa shape index (κ2) is 37.6. The highest BCUT2D eigenvalue weighted by molar-refractivity contribution is 14.1. The first-order valence-corrected chi connectivity index (χ1v) is 31.5. The van der Waals surface area contributed by atoms with Crippen LogP contribution in [-0.2, 0) is 23.8 Å². The van der Waals surface area contributed by atoms with E-state index in [4.69, 9.17) is 56.8 Å². The van der Waals surface area contributed by atoms with Crippen LogP contribution in [0.3, 0.4) is 0 Å². The number of esters is 2. The molecule has 2 fully saturated rings. The summed E-state index contributed by atoms with van der Waals surface area (Å²) in [6.45, 7) is 24.9. The number of phenolic OH excluding ortho intramolecular Hbond substituents is 1. The topological polar surface area (TPSA) is 182 Å². The first-order chi connectivity index (χ1) is 38.9. The standard InChI is InChI=1S/C19H25IO5.C17H23IO3.C16H19IO6.C9H8I2O2/c1-13(2)19(21)25-15-9-16(20)18(17(10-15)22-3)24-12-23-11-14-7-5-4-6-8-14;1-3-13-9-15(18)17(16(10-13)19-2)21-12-20-11-14-7-5-4-6-8-14;1-9(2)14(18)21-10-7-11(17)13(12(8-10)20-6)22-15(19)23-16(3,4)5;1-3-5-4-6(10)8(12)9(13-2)7(5)11/h9-10,14H,1,4-8,11-12H2,2-3H3;3,9-10,14H,1,4-8,11-12H2,2H3;7-8H,1H2,2-6H3;3-4,12H,1H2,2H3. The molecule has 450 valence electrons. The Hall–Kier alpha value is -3.78. The molecule has 1 N–H and O–H groups in total. The van der Waals surface area contributed by atoms with Gasteiger partial charge in [0.05, 0.1) is 59.5 Å². The molecule has 2 aliphatic rings. The predicted octanol–water partition coefficient (Wildman–Crippen LogP) is 16.9. The summed E-state index contributed by atoms with van der Waals surface area (Å²) in [5, 5.41) is 9.63. The fourth-order valence-electron chi connectivity index (χ4n) is 7.77. The average Bonchev–Trinajstić information content (AvgIpc) is 3.63. The zero-order valence-corrected chi connectivity index (χ0v) is 58.8. The van der Waals surface area contributed by atoms with E-state index in [1.54, 1.807) is 86.3 Å². The highest BCUT2D eigenvalue weighted by Crippen LogP contribution is 2.41. The van der Waals surface area contributed by atoms with Gasteiger partial charge in [-0.15, -0.1) is 0 Å². The Morgan fingerprint density at radius 2 is 0.988 bits per heavy atom. The van der Waals surface area contributed by atoms with Crippen molar-refractivity contribution in [3.8, 4) is 57.5 Å². The van der Waals surface area contributed by atoms with Crippen LogP contribution in [0.5, 0.6) is 57.5 Å². The number of hydrogen-bond acceptors (Lipinski definition) is 16. The number of benzene rings is 4. The number of carbonyl (C=O) groups excluding carboxylic acids is 3. The molecule has 2 saturated carbocycles. The molecule has 0 amide bonds. The van der Waals surface area contributed by atoms with Crippen molar-refractivity contribution >= 4 is 143 Å². The van der Waals surface area contributed by atoms with Crippen LogP contribution in [-0.4, -0.2) is 84.0 Å². The molecule has 82 heavy (non-hydrogen) atoms. The summed E-state index contributed by atoms with van der Waals surface area (Å²) in [7, 11) is 6.15. The normalized spacial score (nSPS) is 13.1. The number of phenols is 1. The molecule has 0 atom stereocenters. The number of hydrogen-bond donors (Lipinski definition) is 1. The van der Waals surface area contributed by atoms with Gasteiger partial charge in [-0.1, -0.05) is 77.0 Å². The minimum Gasteiger partial charge on any atom is -0.503 e. The van der Waals surface area contributed by atoms with E-state index in [1.165, 1.54) is 77.4 Å². The second-order valence-corrected chi connectivity index (χ2v) is 25.4. The third-order valence-corrected chi connectivity index (χ3v) is 16.3.